The Labute approximate surface area is 140 Å². The third kappa shape index (κ3) is 5.11. The molecule has 0 bridgehead atoms. The van der Waals surface area contributed by atoms with E-state index in [4.69, 9.17) is 10.5 Å². The standard InChI is InChI=1S/C13H15N5O3S2/c1-7(10(19)16-11(14)20)22-13-18-17-12(23-13)15-8-3-5-9(21-2)6-4-8/h3-7H,1-2H3,(H,15,17)(H3,14,16,19,20)/t7-/m0/s1. The molecule has 2 rings (SSSR count). The van der Waals surface area contributed by atoms with E-state index in [1.165, 1.54) is 23.1 Å². The van der Waals surface area contributed by atoms with Crippen molar-refractivity contribution in [2.45, 2.75) is 16.5 Å². The molecule has 0 saturated carbocycles. The number of carbonyl (C=O) groups excluding carboxylic acids is 2. The summed E-state index contributed by atoms with van der Waals surface area (Å²) in [6, 6.07) is 6.50. The summed E-state index contributed by atoms with van der Waals surface area (Å²) in [5, 5.41) is 13.2. The Balaban J connectivity index is 1.94. The predicted octanol–water partition coefficient (Wildman–Crippen LogP) is 1.97. The Kier molecular flexibility index (Phi) is 5.77. The summed E-state index contributed by atoms with van der Waals surface area (Å²) < 4.78 is 5.69. The first-order valence-corrected chi connectivity index (χ1v) is 8.19. The summed E-state index contributed by atoms with van der Waals surface area (Å²) in [6.45, 7) is 1.65. The van der Waals surface area contributed by atoms with Gasteiger partial charge in [-0.1, -0.05) is 23.1 Å². The zero-order chi connectivity index (χ0) is 16.8. The summed E-state index contributed by atoms with van der Waals surface area (Å²) in [4.78, 5) is 22.3. The van der Waals surface area contributed by atoms with Crippen molar-refractivity contribution in [1.29, 1.82) is 0 Å². The van der Waals surface area contributed by atoms with Crippen molar-refractivity contribution in [3.63, 3.8) is 0 Å². The van der Waals surface area contributed by atoms with Gasteiger partial charge in [-0.15, -0.1) is 10.2 Å². The Morgan fingerprint density at radius 3 is 2.61 bits per heavy atom. The number of hydrogen-bond donors (Lipinski definition) is 3. The van der Waals surface area contributed by atoms with Gasteiger partial charge in [0.05, 0.1) is 12.4 Å². The molecule has 1 atom stereocenters. The van der Waals surface area contributed by atoms with E-state index in [9.17, 15) is 9.59 Å². The molecule has 2 aromatic rings. The summed E-state index contributed by atoms with van der Waals surface area (Å²) in [7, 11) is 1.60. The number of primary amides is 1. The fourth-order valence-electron chi connectivity index (χ4n) is 1.53. The molecule has 23 heavy (non-hydrogen) atoms. The van der Waals surface area contributed by atoms with Gasteiger partial charge in [0.1, 0.15) is 5.75 Å². The van der Waals surface area contributed by atoms with Crippen molar-refractivity contribution < 1.29 is 14.3 Å². The number of amides is 3. The highest BCUT2D eigenvalue weighted by atomic mass is 32.2. The van der Waals surface area contributed by atoms with Crippen molar-refractivity contribution >= 4 is 45.9 Å². The second-order valence-corrected chi connectivity index (χ2v) is 6.91. The second-order valence-electron chi connectivity index (χ2n) is 4.34. The fraction of sp³-hybridized carbons (Fsp3) is 0.231. The molecular weight excluding hydrogens is 338 g/mol. The second kappa shape index (κ2) is 7.79. The Bertz CT molecular complexity index is 689. The van der Waals surface area contributed by atoms with Crippen molar-refractivity contribution in [2.24, 2.45) is 5.73 Å². The van der Waals surface area contributed by atoms with Crippen LogP contribution in [0.4, 0.5) is 15.6 Å². The van der Waals surface area contributed by atoms with Crippen LogP contribution in [0.5, 0.6) is 5.75 Å². The zero-order valence-electron chi connectivity index (χ0n) is 12.4. The zero-order valence-corrected chi connectivity index (χ0v) is 14.0. The number of hydrogen-bond acceptors (Lipinski definition) is 8. The molecule has 1 aromatic heterocycles. The lowest BCUT2D eigenvalue weighted by molar-refractivity contribution is -0.119. The topological polar surface area (TPSA) is 119 Å². The van der Waals surface area contributed by atoms with Crippen molar-refractivity contribution in [3.8, 4) is 5.75 Å². The van der Waals surface area contributed by atoms with E-state index < -0.39 is 17.2 Å². The minimum atomic E-state index is -0.874. The lowest BCUT2D eigenvalue weighted by Gasteiger charge is -2.06. The van der Waals surface area contributed by atoms with Gasteiger partial charge in [0.15, 0.2) is 4.34 Å². The largest absolute Gasteiger partial charge is 0.497 e. The van der Waals surface area contributed by atoms with Gasteiger partial charge >= 0.3 is 6.03 Å². The minimum absolute atomic E-state index is 0.470. The summed E-state index contributed by atoms with van der Waals surface area (Å²) >= 11 is 2.50. The number of nitrogens with zero attached hydrogens (tertiary/aromatic N) is 2. The normalized spacial score (nSPS) is 11.6. The van der Waals surface area contributed by atoms with Crippen molar-refractivity contribution in [1.82, 2.24) is 15.5 Å². The molecule has 1 heterocycles. The van der Waals surface area contributed by atoms with E-state index in [1.54, 1.807) is 14.0 Å². The van der Waals surface area contributed by atoms with Crippen LogP contribution >= 0.6 is 23.1 Å². The number of thioether (sulfide) groups is 1. The molecule has 0 aliphatic rings. The van der Waals surface area contributed by atoms with Crippen LogP contribution in [0.2, 0.25) is 0 Å². The van der Waals surface area contributed by atoms with E-state index in [0.717, 1.165) is 11.4 Å². The number of nitrogens with one attached hydrogen (secondary N) is 2. The van der Waals surface area contributed by atoms with Gasteiger partial charge in [-0.2, -0.15) is 0 Å². The van der Waals surface area contributed by atoms with Gasteiger partial charge in [0.2, 0.25) is 11.0 Å². The van der Waals surface area contributed by atoms with E-state index in [1.807, 2.05) is 29.6 Å². The smallest absolute Gasteiger partial charge is 0.318 e. The summed E-state index contributed by atoms with van der Waals surface area (Å²) in [5.74, 6) is 0.292. The highest BCUT2D eigenvalue weighted by molar-refractivity contribution is 8.02. The average Bonchev–Trinajstić information content (AvgIpc) is 2.94. The van der Waals surface area contributed by atoms with Gasteiger partial charge < -0.3 is 15.8 Å². The number of methoxy groups -OCH3 is 1. The van der Waals surface area contributed by atoms with E-state index >= 15 is 0 Å². The highest BCUT2D eigenvalue weighted by Gasteiger charge is 2.18. The van der Waals surface area contributed by atoms with Gasteiger partial charge in [-0.3, -0.25) is 10.1 Å². The molecule has 8 nitrogen and oxygen atoms in total. The quantitative estimate of drug-likeness (QED) is 0.679. The number of ether oxygens (including phenoxy) is 1. The minimum Gasteiger partial charge on any atom is -0.497 e. The molecule has 122 valence electrons. The maximum Gasteiger partial charge on any atom is 0.318 e. The molecule has 4 N–H and O–H groups in total. The molecular formula is C13H15N5O3S2. The molecule has 0 spiro atoms. The summed E-state index contributed by atoms with van der Waals surface area (Å²) in [6.07, 6.45) is 0. The maximum atomic E-state index is 11.6. The molecule has 1 aromatic carbocycles. The van der Waals surface area contributed by atoms with Gasteiger partial charge in [0, 0.05) is 5.69 Å². The molecule has 0 unspecified atom stereocenters. The number of carbonyl (C=O) groups is 2. The SMILES string of the molecule is COc1ccc(Nc2nnc(S[C@@H](C)C(=O)NC(N)=O)s2)cc1. The van der Waals surface area contributed by atoms with E-state index in [-0.39, 0.29) is 0 Å². The number of urea groups is 1. The van der Waals surface area contributed by atoms with Crippen LogP contribution < -0.4 is 21.1 Å². The molecule has 10 heteroatoms. The van der Waals surface area contributed by atoms with Gasteiger partial charge in [-0.25, -0.2) is 4.79 Å². The average molecular weight is 353 g/mol. The Morgan fingerprint density at radius 2 is 2.00 bits per heavy atom. The van der Waals surface area contributed by atoms with Crippen LogP contribution in [-0.2, 0) is 4.79 Å². The lowest BCUT2D eigenvalue weighted by atomic mass is 10.3. The Hall–Kier alpha value is -2.33. The van der Waals surface area contributed by atoms with Crippen LogP contribution in [0, 0.1) is 0 Å². The lowest BCUT2D eigenvalue weighted by Crippen LogP contribution is -2.39. The molecule has 0 radical (unpaired) electrons. The molecule has 0 fully saturated rings. The fourth-order valence-corrected chi connectivity index (χ4v) is 3.45. The van der Waals surface area contributed by atoms with Crippen LogP contribution in [0.15, 0.2) is 28.6 Å². The predicted molar refractivity (Wildman–Crippen MR) is 89.2 cm³/mol. The highest BCUT2D eigenvalue weighted by Crippen LogP contribution is 2.30. The monoisotopic (exact) mass is 353 g/mol. The first-order valence-electron chi connectivity index (χ1n) is 6.49. The van der Waals surface area contributed by atoms with Crippen molar-refractivity contribution in [3.05, 3.63) is 24.3 Å². The van der Waals surface area contributed by atoms with E-state index in [2.05, 4.69) is 15.5 Å². The van der Waals surface area contributed by atoms with Crippen LogP contribution in [0.3, 0.4) is 0 Å². The molecule has 3 amide bonds. The Morgan fingerprint density at radius 1 is 1.30 bits per heavy atom. The number of imide groups is 1. The number of rotatable bonds is 6. The van der Waals surface area contributed by atoms with Crippen LogP contribution in [-0.4, -0.2) is 34.5 Å². The van der Waals surface area contributed by atoms with Crippen LogP contribution in [0.25, 0.3) is 0 Å². The number of nitrogens with two attached hydrogens (primary N) is 1. The number of anilines is 2. The van der Waals surface area contributed by atoms with Crippen molar-refractivity contribution in [2.75, 3.05) is 12.4 Å². The molecule has 0 aliphatic heterocycles. The number of benzene rings is 1. The number of aromatic nitrogens is 2. The third-order valence-corrected chi connectivity index (χ3v) is 4.66. The van der Waals surface area contributed by atoms with Crippen LogP contribution in [0.1, 0.15) is 6.92 Å². The summed E-state index contributed by atoms with van der Waals surface area (Å²) in [5.41, 5.74) is 5.76. The van der Waals surface area contributed by atoms with E-state index in [0.29, 0.717) is 9.47 Å². The maximum absolute atomic E-state index is 11.6. The first-order chi connectivity index (χ1) is 11.0. The third-order valence-electron chi connectivity index (χ3n) is 2.64. The first kappa shape index (κ1) is 17.0. The molecule has 0 saturated heterocycles. The molecule has 0 aliphatic carbocycles. The van der Waals surface area contributed by atoms with Gasteiger partial charge in [0.25, 0.3) is 0 Å². The van der Waals surface area contributed by atoms with Gasteiger partial charge in [-0.05, 0) is 31.2 Å².